The van der Waals surface area contributed by atoms with Crippen LogP contribution in [-0.2, 0) is 12.8 Å². The molecular weight excluding hydrogens is 426 g/mol. The van der Waals surface area contributed by atoms with Crippen molar-refractivity contribution in [1.82, 2.24) is 0 Å². The number of hydrogen-bond donors (Lipinski definition) is 0. The molecule has 0 aliphatic carbocycles. The van der Waals surface area contributed by atoms with Crippen LogP contribution < -0.4 is 0 Å². The van der Waals surface area contributed by atoms with Crippen molar-refractivity contribution in [3.63, 3.8) is 0 Å². The van der Waals surface area contributed by atoms with E-state index in [4.69, 9.17) is 0 Å². The molecule has 2 aromatic carbocycles. The first-order chi connectivity index (χ1) is 10.9. The van der Waals surface area contributed by atoms with Crippen LogP contribution in [-0.4, -0.2) is 6.43 Å². The van der Waals surface area contributed by atoms with E-state index in [1.165, 1.54) is 0 Å². The maximum Gasteiger partial charge on any atom is 0.242 e. The molecule has 0 spiro atoms. The summed E-state index contributed by atoms with van der Waals surface area (Å²) in [6, 6.07) is 16.0. The van der Waals surface area contributed by atoms with E-state index in [2.05, 4.69) is 31.9 Å². The lowest BCUT2D eigenvalue weighted by Crippen LogP contribution is -2.02. The first kappa shape index (κ1) is 18.3. The second-order valence-corrected chi connectivity index (χ2v) is 7.42. The molecule has 0 fully saturated rings. The highest BCUT2D eigenvalue weighted by Crippen LogP contribution is 2.23. The Labute approximate surface area is 152 Å². The Balaban J connectivity index is 2.24. The van der Waals surface area contributed by atoms with E-state index in [-0.39, 0.29) is 6.42 Å². The van der Waals surface area contributed by atoms with Crippen LogP contribution in [0.5, 0.6) is 0 Å². The largest absolute Gasteiger partial charge is 0.242 e. The van der Waals surface area contributed by atoms with Gasteiger partial charge in [-0.25, -0.2) is 8.78 Å². The van der Waals surface area contributed by atoms with Crippen molar-refractivity contribution in [1.29, 1.82) is 0 Å². The van der Waals surface area contributed by atoms with Gasteiger partial charge in [0.2, 0.25) is 6.43 Å². The lowest BCUT2D eigenvalue weighted by Gasteiger charge is -2.14. The van der Waals surface area contributed by atoms with Crippen molar-refractivity contribution in [2.45, 2.75) is 32.6 Å². The quantitative estimate of drug-likeness (QED) is 0.423. The Morgan fingerprint density at radius 3 is 1.57 bits per heavy atom. The van der Waals surface area contributed by atoms with Crippen LogP contribution in [0, 0.1) is 0 Å². The molecule has 0 aliphatic heterocycles. The van der Waals surface area contributed by atoms with Gasteiger partial charge >= 0.3 is 0 Å². The molecule has 4 heteroatoms. The number of benzene rings is 2. The molecule has 0 atom stereocenters. The van der Waals surface area contributed by atoms with Crippen LogP contribution >= 0.6 is 31.9 Å². The highest BCUT2D eigenvalue weighted by atomic mass is 79.9. The summed E-state index contributed by atoms with van der Waals surface area (Å²) in [5.41, 5.74) is 4.11. The van der Waals surface area contributed by atoms with Gasteiger partial charge in [0.05, 0.1) is 0 Å². The highest BCUT2D eigenvalue weighted by Gasteiger charge is 2.11. The number of allylic oxidation sites excluding steroid dienone is 2. The van der Waals surface area contributed by atoms with Gasteiger partial charge < -0.3 is 0 Å². The molecule has 0 nitrogen and oxygen atoms in total. The maximum atomic E-state index is 12.8. The van der Waals surface area contributed by atoms with E-state index in [0.29, 0.717) is 12.8 Å². The zero-order valence-electron chi connectivity index (χ0n) is 12.8. The highest BCUT2D eigenvalue weighted by molar-refractivity contribution is 9.10. The summed E-state index contributed by atoms with van der Waals surface area (Å²) in [5.74, 6) is 0. The van der Waals surface area contributed by atoms with Crippen LogP contribution in [0.3, 0.4) is 0 Å². The number of rotatable bonds is 6. The number of hydrogen-bond acceptors (Lipinski definition) is 0. The van der Waals surface area contributed by atoms with Crippen LogP contribution in [0.15, 0.2) is 68.6 Å². The molecule has 0 saturated carbocycles. The third-order valence-electron chi connectivity index (χ3n) is 3.73. The average molecular weight is 444 g/mol. The van der Waals surface area contributed by atoms with Crippen LogP contribution in [0.4, 0.5) is 8.78 Å². The van der Waals surface area contributed by atoms with Gasteiger partial charge in [-0.1, -0.05) is 67.3 Å². The van der Waals surface area contributed by atoms with Crippen molar-refractivity contribution in [2.24, 2.45) is 0 Å². The lowest BCUT2D eigenvalue weighted by atomic mass is 9.93. The first-order valence-electron chi connectivity index (χ1n) is 7.38. The predicted octanol–water partition coefficient (Wildman–Crippen LogP) is 6.97. The van der Waals surface area contributed by atoms with Gasteiger partial charge in [0, 0.05) is 15.4 Å². The Morgan fingerprint density at radius 2 is 1.22 bits per heavy atom. The zero-order valence-corrected chi connectivity index (χ0v) is 16.0. The summed E-state index contributed by atoms with van der Waals surface area (Å²) >= 11 is 6.84. The van der Waals surface area contributed by atoms with Gasteiger partial charge in [0.1, 0.15) is 0 Å². The Hall–Kier alpha value is -1.00. The van der Waals surface area contributed by atoms with Gasteiger partial charge in [-0.2, -0.15) is 0 Å². The molecular formula is C19H18Br2F2. The molecule has 2 rings (SSSR count). The number of halogens is 4. The lowest BCUT2D eigenvalue weighted by molar-refractivity contribution is 0.148. The summed E-state index contributed by atoms with van der Waals surface area (Å²) in [4.78, 5) is 0. The zero-order chi connectivity index (χ0) is 16.8. The first-order valence-corrected chi connectivity index (χ1v) is 8.97. The van der Waals surface area contributed by atoms with Crippen molar-refractivity contribution in [2.75, 3.05) is 0 Å². The van der Waals surface area contributed by atoms with Gasteiger partial charge in [-0.15, -0.1) is 0 Å². The molecule has 2 aromatic rings. The fourth-order valence-corrected chi connectivity index (χ4v) is 2.97. The minimum absolute atomic E-state index is 0.164. The van der Waals surface area contributed by atoms with E-state index >= 15 is 0 Å². The van der Waals surface area contributed by atoms with Gasteiger partial charge in [-0.05, 0) is 55.2 Å². The minimum Gasteiger partial charge on any atom is -0.210 e. The SMILES string of the molecule is CC(CC(F)F)=C(Cc1ccc(Br)cc1)Cc1ccc(Br)cc1. The van der Waals surface area contributed by atoms with Crippen LogP contribution in [0.2, 0.25) is 0 Å². The second kappa shape index (κ2) is 8.74. The van der Waals surface area contributed by atoms with E-state index in [9.17, 15) is 8.78 Å². The van der Waals surface area contributed by atoms with Crippen LogP contribution in [0.25, 0.3) is 0 Å². The van der Waals surface area contributed by atoms with Gasteiger partial charge in [0.25, 0.3) is 0 Å². The summed E-state index contributed by atoms with van der Waals surface area (Å²) in [6.45, 7) is 1.82. The summed E-state index contributed by atoms with van der Waals surface area (Å²) in [5, 5.41) is 0. The van der Waals surface area contributed by atoms with Crippen molar-refractivity contribution < 1.29 is 8.78 Å². The standard InChI is InChI=1S/C19H18Br2F2/c1-13(10-19(22)23)16(11-14-2-6-17(20)7-3-14)12-15-4-8-18(21)9-5-15/h2-9,19H,10-12H2,1H3. The molecule has 0 unspecified atom stereocenters. The molecule has 0 bridgehead atoms. The molecule has 23 heavy (non-hydrogen) atoms. The monoisotopic (exact) mass is 442 g/mol. The van der Waals surface area contributed by atoms with E-state index in [0.717, 1.165) is 31.2 Å². The van der Waals surface area contributed by atoms with E-state index in [1.807, 2.05) is 55.5 Å². The summed E-state index contributed by atoms with van der Waals surface area (Å²) in [7, 11) is 0. The molecule has 0 heterocycles. The van der Waals surface area contributed by atoms with Gasteiger partial charge in [0.15, 0.2) is 0 Å². The fourth-order valence-electron chi connectivity index (χ4n) is 2.44. The van der Waals surface area contributed by atoms with Crippen LogP contribution in [0.1, 0.15) is 24.5 Å². The topological polar surface area (TPSA) is 0 Å². The Morgan fingerprint density at radius 1 is 0.826 bits per heavy atom. The molecule has 0 aromatic heterocycles. The van der Waals surface area contributed by atoms with Crippen molar-refractivity contribution in [3.05, 3.63) is 79.7 Å². The normalized spacial score (nSPS) is 10.9. The predicted molar refractivity (Wildman–Crippen MR) is 99.0 cm³/mol. The van der Waals surface area contributed by atoms with Gasteiger partial charge in [-0.3, -0.25) is 0 Å². The maximum absolute atomic E-state index is 12.8. The van der Waals surface area contributed by atoms with E-state index in [1.54, 1.807) is 0 Å². The molecule has 0 amide bonds. The molecule has 0 radical (unpaired) electrons. The molecule has 0 saturated heterocycles. The third kappa shape index (κ3) is 6.19. The smallest absolute Gasteiger partial charge is 0.210 e. The molecule has 0 aliphatic rings. The van der Waals surface area contributed by atoms with Crippen molar-refractivity contribution >= 4 is 31.9 Å². The summed E-state index contributed by atoms with van der Waals surface area (Å²) in [6.07, 6.45) is -1.08. The minimum atomic E-state index is -2.31. The molecule has 0 N–H and O–H groups in total. The number of alkyl halides is 2. The summed E-state index contributed by atoms with van der Waals surface area (Å²) < 4.78 is 27.6. The fraction of sp³-hybridized carbons (Fsp3) is 0.263. The Bertz CT molecular complexity index is 609. The third-order valence-corrected chi connectivity index (χ3v) is 4.78. The van der Waals surface area contributed by atoms with Crippen molar-refractivity contribution in [3.8, 4) is 0 Å². The molecule has 122 valence electrons. The van der Waals surface area contributed by atoms with E-state index < -0.39 is 6.43 Å². The second-order valence-electron chi connectivity index (χ2n) is 5.59. The Kier molecular flexibility index (Phi) is 6.97. The average Bonchev–Trinajstić information content (AvgIpc) is 2.50.